The lowest BCUT2D eigenvalue weighted by atomic mass is 9.64. The van der Waals surface area contributed by atoms with Gasteiger partial charge in [0, 0.05) is 38.8 Å². The molecule has 5 nitrogen and oxygen atoms in total. The van der Waals surface area contributed by atoms with Crippen LogP contribution in [0.1, 0.15) is 37.7 Å². The van der Waals surface area contributed by atoms with E-state index < -0.39 is 0 Å². The lowest BCUT2D eigenvalue weighted by Crippen LogP contribution is -2.49. The van der Waals surface area contributed by atoms with Crippen molar-refractivity contribution in [3.05, 3.63) is 35.6 Å². The van der Waals surface area contributed by atoms with Gasteiger partial charge in [-0.05, 0) is 43.4 Å². The van der Waals surface area contributed by atoms with Gasteiger partial charge in [-0.25, -0.2) is 4.39 Å². The van der Waals surface area contributed by atoms with Gasteiger partial charge in [-0.15, -0.1) is 0 Å². The third kappa shape index (κ3) is 4.95. The number of guanidine groups is 1. The van der Waals surface area contributed by atoms with Crippen molar-refractivity contribution in [3.63, 3.8) is 0 Å². The molecule has 1 aliphatic heterocycles. The van der Waals surface area contributed by atoms with E-state index in [0.29, 0.717) is 0 Å². The highest BCUT2D eigenvalue weighted by Gasteiger charge is 2.38. The maximum Gasteiger partial charge on any atom is 0.191 e. The smallest absolute Gasteiger partial charge is 0.191 e. The first-order valence-corrected chi connectivity index (χ1v) is 9.62. The first-order valence-electron chi connectivity index (χ1n) is 9.62. The third-order valence-corrected chi connectivity index (χ3v) is 5.44. The van der Waals surface area contributed by atoms with Crippen LogP contribution >= 0.6 is 0 Å². The number of nitrogens with zero attached hydrogens (tertiary/aromatic N) is 1. The van der Waals surface area contributed by atoms with E-state index in [0.717, 1.165) is 64.6 Å². The molecule has 1 heterocycles. The number of halogens is 1. The van der Waals surface area contributed by atoms with Gasteiger partial charge >= 0.3 is 0 Å². The molecule has 0 bridgehead atoms. The first kappa shape index (κ1) is 19.1. The minimum absolute atomic E-state index is 0.0942. The molecule has 1 saturated carbocycles. The first-order chi connectivity index (χ1) is 12.7. The zero-order chi connectivity index (χ0) is 18.2. The lowest BCUT2D eigenvalue weighted by Gasteiger charge is -2.43. The van der Waals surface area contributed by atoms with E-state index in [9.17, 15) is 4.39 Å². The summed E-state index contributed by atoms with van der Waals surface area (Å²) in [7, 11) is 1.78. The van der Waals surface area contributed by atoms with Gasteiger partial charge in [0.15, 0.2) is 5.96 Å². The van der Waals surface area contributed by atoms with Crippen molar-refractivity contribution in [2.75, 3.05) is 40.0 Å². The maximum atomic E-state index is 13.2. The van der Waals surface area contributed by atoms with Crippen LogP contribution in [0.3, 0.4) is 0 Å². The van der Waals surface area contributed by atoms with E-state index in [1.165, 1.54) is 12.0 Å². The second-order valence-electron chi connectivity index (χ2n) is 7.20. The molecule has 6 heteroatoms. The molecule has 1 atom stereocenters. The van der Waals surface area contributed by atoms with Crippen LogP contribution in [0, 0.1) is 5.82 Å². The van der Waals surface area contributed by atoms with Crippen LogP contribution in [-0.2, 0) is 14.9 Å². The van der Waals surface area contributed by atoms with Gasteiger partial charge in [0.1, 0.15) is 5.82 Å². The van der Waals surface area contributed by atoms with Crippen LogP contribution in [0.2, 0.25) is 0 Å². The highest BCUT2D eigenvalue weighted by atomic mass is 19.1. The minimum Gasteiger partial charge on any atom is -0.379 e. The molecular formula is C20H30FN3O2. The second kappa shape index (κ2) is 9.33. The molecule has 2 fully saturated rings. The number of benzene rings is 1. The summed E-state index contributed by atoms with van der Waals surface area (Å²) in [6, 6.07) is 6.93. The zero-order valence-electron chi connectivity index (χ0n) is 15.6. The molecule has 1 aromatic rings. The summed E-state index contributed by atoms with van der Waals surface area (Å²) in [5, 5.41) is 6.79. The molecule has 0 radical (unpaired) electrons. The van der Waals surface area contributed by atoms with Crippen molar-refractivity contribution in [2.45, 2.75) is 43.6 Å². The van der Waals surface area contributed by atoms with Crippen molar-refractivity contribution in [1.82, 2.24) is 10.6 Å². The van der Waals surface area contributed by atoms with Gasteiger partial charge in [-0.1, -0.05) is 18.6 Å². The molecule has 1 aromatic carbocycles. The SMILES string of the molecule is CN=C(NCCCOC1CCOC1)NCC1(c2ccc(F)cc2)CCC1. The van der Waals surface area contributed by atoms with Gasteiger partial charge in [-0.2, -0.15) is 0 Å². The van der Waals surface area contributed by atoms with Crippen LogP contribution in [-0.4, -0.2) is 52.0 Å². The number of hydrogen-bond acceptors (Lipinski definition) is 3. The quantitative estimate of drug-likeness (QED) is 0.424. The molecule has 1 aliphatic carbocycles. The van der Waals surface area contributed by atoms with Crippen molar-refractivity contribution in [1.29, 1.82) is 0 Å². The number of rotatable bonds is 8. The zero-order valence-corrected chi connectivity index (χ0v) is 15.6. The molecule has 0 amide bonds. The Morgan fingerprint density at radius 1 is 1.31 bits per heavy atom. The van der Waals surface area contributed by atoms with E-state index in [4.69, 9.17) is 9.47 Å². The van der Waals surface area contributed by atoms with Crippen LogP contribution in [0.25, 0.3) is 0 Å². The van der Waals surface area contributed by atoms with Crippen LogP contribution < -0.4 is 10.6 Å². The van der Waals surface area contributed by atoms with E-state index >= 15 is 0 Å². The number of hydrogen-bond donors (Lipinski definition) is 2. The summed E-state index contributed by atoms with van der Waals surface area (Å²) in [4.78, 5) is 4.31. The lowest BCUT2D eigenvalue weighted by molar-refractivity contribution is 0.0420. The van der Waals surface area contributed by atoms with Crippen LogP contribution in [0.5, 0.6) is 0 Å². The predicted octanol–water partition coefficient (Wildman–Crippen LogP) is 2.61. The Kier molecular flexibility index (Phi) is 6.86. The van der Waals surface area contributed by atoms with E-state index in [1.807, 2.05) is 12.1 Å². The Bertz CT molecular complexity index is 581. The topological polar surface area (TPSA) is 54.9 Å². The Labute approximate surface area is 155 Å². The van der Waals surface area contributed by atoms with Crippen molar-refractivity contribution >= 4 is 5.96 Å². The standard InChI is InChI=1S/C20H30FN3O2/c1-22-19(23-11-3-12-26-18-8-13-25-14-18)24-15-20(9-2-10-20)16-4-6-17(21)7-5-16/h4-7,18H,2-3,8-15H2,1H3,(H2,22,23,24). The van der Waals surface area contributed by atoms with Gasteiger partial charge in [0.25, 0.3) is 0 Å². The fourth-order valence-corrected chi connectivity index (χ4v) is 3.62. The molecule has 1 unspecified atom stereocenters. The summed E-state index contributed by atoms with van der Waals surface area (Å²) in [5.74, 6) is 0.627. The summed E-state index contributed by atoms with van der Waals surface area (Å²) in [6.07, 6.45) is 5.66. The molecule has 0 aromatic heterocycles. The summed E-state index contributed by atoms with van der Waals surface area (Å²) in [6.45, 7) is 3.90. The predicted molar refractivity (Wildman–Crippen MR) is 101 cm³/mol. The van der Waals surface area contributed by atoms with Crippen molar-refractivity contribution < 1.29 is 13.9 Å². The second-order valence-corrected chi connectivity index (χ2v) is 7.20. The van der Waals surface area contributed by atoms with E-state index in [1.54, 1.807) is 19.2 Å². The number of aliphatic imine (C=N–C) groups is 1. The van der Waals surface area contributed by atoms with Gasteiger partial charge < -0.3 is 20.1 Å². The fraction of sp³-hybridized carbons (Fsp3) is 0.650. The molecule has 26 heavy (non-hydrogen) atoms. The molecule has 144 valence electrons. The van der Waals surface area contributed by atoms with Crippen LogP contribution in [0.4, 0.5) is 4.39 Å². The average Bonchev–Trinajstić information content (AvgIpc) is 3.13. The molecular weight excluding hydrogens is 333 g/mol. The van der Waals surface area contributed by atoms with Gasteiger partial charge in [0.2, 0.25) is 0 Å². The van der Waals surface area contributed by atoms with Crippen molar-refractivity contribution in [2.24, 2.45) is 4.99 Å². The molecule has 3 rings (SSSR count). The summed E-state index contributed by atoms with van der Waals surface area (Å²) in [5.41, 5.74) is 1.30. The van der Waals surface area contributed by atoms with Crippen molar-refractivity contribution in [3.8, 4) is 0 Å². The van der Waals surface area contributed by atoms with E-state index in [-0.39, 0.29) is 17.3 Å². The Morgan fingerprint density at radius 2 is 2.12 bits per heavy atom. The molecule has 2 aliphatic rings. The largest absolute Gasteiger partial charge is 0.379 e. The minimum atomic E-state index is -0.181. The maximum absolute atomic E-state index is 13.2. The summed E-state index contributed by atoms with van der Waals surface area (Å²) >= 11 is 0. The van der Waals surface area contributed by atoms with E-state index in [2.05, 4.69) is 15.6 Å². The monoisotopic (exact) mass is 363 g/mol. The molecule has 0 spiro atoms. The highest BCUT2D eigenvalue weighted by molar-refractivity contribution is 5.79. The Balaban J connectivity index is 1.39. The van der Waals surface area contributed by atoms with Crippen LogP contribution in [0.15, 0.2) is 29.3 Å². The molecule has 2 N–H and O–H groups in total. The van der Waals surface area contributed by atoms with Gasteiger partial charge in [-0.3, -0.25) is 4.99 Å². The van der Waals surface area contributed by atoms with Gasteiger partial charge in [0.05, 0.1) is 12.7 Å². The normalized spacial score (nSPS) is 22.1. The summed E-state index contributed by atoms with van der Waals surface area (Å²) < 4.78 is 24.3. The highest BCUT2D eigenvalue weighted by Crippen LogP contribution is 2.43. The fourth-order valence-electron chi connectivity index (χ4n) is 3.62. The molecule has 1 saturated heterocycles. The number of ether oxygens (including phenoxy) is 2. The Hall–Kier alpha value is -1.66. The Morgan fingerprint density at radius 3 is 2.73 bits per heavy atom. The number of nitrogens with one attached hydrogen (secondary N) is 2. The third-order valence-electron chi connectivity index (χ3n) is 5.44. The average molecular weight is 363 g/mol.